The van der Waals surface area contributed by atoms with Gasteiger partial charge in [-0.1, -0.05) is 0 Å². The molecule has 2 rings (SSSR count). The molecule has 0 radical (unpaired) electrons. The molecule has 0 aliphatic carbocycles. The molecule has 0 atom stereocenters. The number of nitrogens with zero attached hydrogens (tertiary/aromatic N) is 4. The molecule has 0 saturated carbocycles. The molecular weight excluding hydrogens is 284 g/mol. The van der Waals surface area contributed by atoms with Gasteiger partial charge in [-0.05, 0) is 27.7 Å². The largest absolute Gasteiger partial charge is 0.346 e. The SMILES string of the molecule is CC(C)N(C(=O)CN1CCN(c2nccs2)CC1)C(C)C. The summed E-state index contributed by atoms with van der Waals surface area (Å²) in [5.74, 6) is 0.239. The second-order valence-electron chi connectivity index (χ2n) is 6.07. The Balaban J connectivity index is 1.84. The fraction of sp³-hybridized carbons (Fsp3) is 0.733. The molecule has 1 aliphatic rings. The lowest BCUT2D eigenvalue weighted by atomic mass is 10.2. The third-order valence-electron chi connectivity index (χ3n) is 3.82. The van der Waals surface area contributed by atoms with Crippen LogP contribution >= 0.6 is 11.3 Å². The van der Waals surface area contributed by atoms with Crippen molar-refractivity contribution in [2.45, 2.75) is 39.8 Å². The van der Waals surface area contributed by atoms with Gasteiger partial charge in [0.15, 0.2) is 5.13 Å². The monoisotopic (exact) mass is 310 g/mol. The number of amides is 1. The summed E-state index contributed by atoms with van der Waals surface area (Å²) in [5, 5.41) is 3.10. The van der Waals surface area contributed by atoms with Gasteiger partial charge in [0.05, 0.1) is 6.54 Å². The number of carbonyl (C=O) groups excluding carboxylic acids is 1. The standard InChI is InChI=1S/C15H26N4OS/c1-12(2)19(13(3)4)14(20)11-17-6-8-18(9-7-17)15-16-5-10-21-15/h5,10,12-13H,6-9,11H2,1-4H3. The number of piperazine rings is 1. The summed E-state index contributed by atoms with van der Waals surface area (Å²) in [7, 11) is 0. The zero-order valence-corrected chi connectivity index (χ0v) is 14.3. The first kappa shape index (κ1) is 16.2. The van der Waals surface area contributed by atoms with Crippen LogP contribution in [0.5, 0.6) is 0 Å². The topological polar surface area (TPSA) is 39.7 Å². The van der Waals surface area contributed by atoms with Crippen LogP contribution in [0.1, 0.15) is 27.7 Å². The van der Waals surface area contributed by atoms with Crippen LogP contribution in [0, 0.1) is 0 Å². The number of thiazole rings is 1. The molecule has 6 heteroatoms. The molecule has 1 aromatic rings. The van der Waals surface area contributed by atoms with Crippen molar-refractivity contribution in [3.8, 4) is 0 Å². The lowest BCUT2D eigenvalue weighted by Crippen LogP contribution is -2.52. The van der Waals surface area contributed by atoms with Gasteiger partial charge in [0.2, 0.25) is 5.91 Å². The molecule has 0 bridgehead atoms. The Bertz CT molecular complexity index is 431. The number of aromatic nitrogens is 1. The lowest BCUT2D eigenvalue weighted by Gasteiger charge is -2.37. The van der Waals surface area contributed by atoms with Crippen LogP contribution < -0.4 is 4.90 Å². The lowest BCUT2D eigenvalue weighted by molar-refractivity contribution is -0.136. The van der Waals surface area contributed by atoms with Crippen LogP contribution in [0.2, 0.25) is 0 Å². The van der Waals surface area contributed by atoms with Crippen molar-refractivity contribution in [3.63, 3.8) is 0 Å². The van der Waals surface area contributed by atoms with Crippen LogP contribution in [0.25, 0.3) is 0 Å². The zero-order valence-electron chi connectivity index (χ0n) is 13.5. The van der Waals surface area contributed by atoms with E-state index in [0.29, 0.717) is 6.54 Å². The van der Waals surface area contributed by atoms with Gasteiger partial charge in [-0.25, -0.2) is 4.98 Å². The van der Waals surface area contributed by atoms with Crippen molar-refractivity contribution in [2.75, 3.05) is 37.6 Å². The fourth-order valence-corrected chi connectivity index (χ4v) is 3.61. The van der Waals surface area contributed by atoms with E-state index in [9.17, 15) is 4.79 Å². The maximum atomic E-state index is 12.5. The molecule has 21 heavy (non-hydrogen) atoms. The Kier molecular flexibility index (Phi) is 5.58. The van der Waals surface area contributed by atoms with Gasteiger partial charge < -0.3 is 9.80 Å². The van der Waals surface area contributed by atoms with Crippen LogP contribution in [0.4, 0.5) is 5.13 Å². The van der Waals surface area contributed by atoms with Crippen LogP contribution in [0.15, 0.2) is 11.6 Å². The summed E-state index contributed by atoms with van der Waals surface area (Å²) >= 11 is 1.68. The maximum Gasteiger partial charge on any atom is 0.237 e. The normalized spacial score (nSPS) is 16.8. The van der Waals surface area contributed by atoms with Crippen molar-refractivity contribution >= 4 is 22.4 Å². The van der Waals surface area contributed by atoms with Crippen LogP contribution in [0.3, 0.4) is 0 Å². The summed E-state index contributed by atoms with van der Waals surface area (Å²) < 4.78 is 0. The van der Waals surface area contributed by atoms with Crippen molar-refractivity contribution in [1.29, 1.82) is 0 Å². The minimum Gasteiger partial charge on any atom is -0.346 e. The number of hydrogen-bond acceptors (Lipinski definition) is 5. The zero-order chi connectivity index (χ0) is 15.4. The summed E-state index contributed by atoms with van der Waals surface area (Å²) in [4.78, 5) is 23.3. The minimum atomic E-state index is 0.239. The summed E-state index contributed by atoms with van der Waals surface area (Å²) in [6.45, 7) is 12.6. The van der Waals surface area contributed by atoms with E-state index in [4.69, 9.17) is 0 Å². The molecule has 118 valence electrons. The van der Waals surface area contributed by atoms with E-state index in [2.05, 4.69) is 42.5 Å². The van der Waals surface area contributed by atoms with Gasteiger partial charge in [-0.2, -0.15) is 0 Å². The Morgan fingerprint density at radius 2 is 1.86 bits per heavy atom. The fourth-order valence-electron chi connectivity index (χ4n) is 2.91. The van der Waals surface area contributed by atoms with E-state index < -0.39 is 0 Å². The van der Waals surface area contributed by atoms with Gasteiger partial charge in [0.25, 0.3) is 0 Å². The molecule has 0 aromatic carbocycles. The third kappa shape index (κ3) is 4.17. The van der Waals surface area contributed by atoms with E-state index in [0.717, 1.165) is 31.3 Å². The summed E-state index contributed by atoms with van der Waals surface area (Å²) in [5.41, 5.74) is 0. The molecule has 1 aromatic heterocycles. The Labute approximate surface area is 131 Å². The first-order valence-corrected chi connectivity index (χ1v) is 8.55. The Morgan fingerprint density at radius 1 is 1.24 bits per heavy atom. The number of carbonyl (C=O) groups is 1. The van der Waals surface area contributed by atoms with E-state index in [1.165, 1.54) is 0 Å². The first-order valence-electron chi connectivity index (χ1n) is 7.67. The highest BCUT2D eigenvalue weighted by atomic mass is 32.1. The van der Waals surface area contributed by atoms with E-state index in [1.54, 1.807) is 11.3 Å². The molecule has 1 fully saturated rings. The quantitative estimate of drug-likeness (QED) is 0.833. The smallest absolute Gasteiger partial charge is 0.237 e. The highest BCUT2D eigenvalue weighted by Gasteiger charge is 2.25. The van der Waals surface area contributed by atoms with E-state index in [-0.39, 0.29) is 18.0 Å². The molecule has 1 aliphatic heterocycles. The molecule has 0 N–H and O–H groups in total. The second-order valence-corrected chi connectivity index (χ2v) is 6.94. The summed E-state index contributed by atoms with van der Waals surface area (Å²) in [6.07, 6.45) is 1.85. The summed E-state index contributed by atoms with van der Waals surface area (Å²) in [6, 6.07) is 0.517. The number of rotatable bonds is 5. The Morgan fingerprint density at radius 3 is 2.33 bits per heavy atom. The number of hydrogen-bond donors (Lipinski definition) is 0. The molecular formula is C15H26N4OS. The molecule has 5 nitrogen and oxygen atoms in total. The van der Waals surface area contributed by atoms with Crippen molar-refractivity contribution in [1.82, 2.24) is 14.8 Å². The van der Waals surface area contributed by atoms with Crippen LogP contribution in [-0.2, 0) is 4.79 Å². The van der Waals surface area contributed by atoms with Gasteiger partial charge in [0, 0.05) is 49.8 Å². The predicted octanol–water partition coefficient (Wildman–Crippen LogP) is 1.91. The highest BCUT2D eigenvalue weighted by molar-refractivity contribution is 7.13. The molecule has 1 amide bonds. The minimum absolute atomic E-state index is 0.239. The number of anilines is 1. The molecule has 0 unspecified atom stereocenters. The second kappa shape index (κ2) is 7.22. The average Bonchev–Trinajstić information content (AvgIpc) is 2.92. The highest BCUT2D eigenvalue weighted by Crippen LogP contribution is 2.19. The van der Waals surface area contributed by atoms with Crippen molar-refractivity contribution < 1.29 is 4.79 Å². The van der Waals surface area contributed by atoms with E-state index in [1.807, 2.05) is 16.5 Å². The van der Waals surface area contributed by atoms with Gasteiger partial charge in [-0.15, -0.1) is 11.3 Å². The third-order valence-corrected chi connectivity index (χ3v) is 4.65. The van der Waals surface area contributed by atoms with Crippen LogP contribution in [-0.4, -0.2) is 65.5 Å². The van der Waals surface area contributed by atoms with Crippen molar-refractivity contribution in [2.24, 2.45) is 0 Å². The Hall–Kier alpha value is -1.14. The van der Waals surface area contributed by atoms with Crippen molar-refractivity contribution in [3.05, 3.63) is 11.6 Å². The first-order chi connectivity index (χ1) is 9.99. The molecule has 2 heterocycles. The van der Waals surface area contributed by atoms with Gasteiger partial charge in [-0.3, -0.25) is 9.69 Å². The van der Waals surface area contributed by atoms with Gasteiger partial charge >= 0.3 is 0 Å². The molecule has 1 saturated heterocycles. The molecule has 0 spiro atoms. The van der Waals surface area contributed by atoms with E-state index >= 15 is 0 Å². The maximum absolute atomic E-state index is 12.5. The van der Waals surface area contributed by atoms with Gasteiger partial charge in [0.1, 0.15) is 0 Å². The predicted molar refractivity (Wildman–Crippen MR) is 87.9 cm³/mol. The average molecular weight is 310 g/mol.